The maximum atomic E-state index is 6.92. The number of rotatable bonds is 11. The lowest BCUT2D eigenvalue weighted by Crippen LogP contribution is -2.69. The normalized spacial score (nSPS) is 13.7. The molecule has 3 nitrogen and oxygen atoms in total. The van der Waals surface area contributed by atoms with Crippen LogP contribution in [0.5, 0.6) is 0 Å². The third kappa shape index (κ3) is 5.46. The monoisotopic (exact) mass is 420 g/mol. The van der Waals surface area contributed by atoms with Gasteiger partial charge in [-0.2, -0.15) is 0 Å². The average molecular weight is 421 g/mol. The molecule has 0 heterocycles. The van der Waals surface area contributed by atoms with Crippen LogP contribution in [0.4, 0.5) is 0 Å². The predicted octanol–water partition coefficient (Wildman–Crippen LogP) is 3.85. The highest BCUT2D eigenvalue weighted by Gasteiger charge is 2.41. The van der Waals surface area contributed by atoms with Gasteiger partial charge in [0.05, 0.1) is 6.10 Å². The lowest BCUT2D eigenvalue weighted by Gasteiger charge is -2.33. The molecule has 3 aromatic rings. The van der Waals surface area contributed by atoms with E-state index in [0.29, 0.717) is 13.2 Å². The van der Waals surface area contributed by atoms with Gasteiger partial charge in [0.1, 0.15) is 0 Å². The van der Waals surface area contributed by atoms with Crippen molar-refractivity contribution in [1.29, 1.82) is 0 Å². The van der Waals surface area contributed by atoms with E-state index in [-0.39, 0.29) is 12.4 Å². The van der Waals surface area contributed by atoms with Gasteiger partial charge in [-0.1, -0.05) is 91.0 Å². The van der Waals surface area contributed by atoms with Crippen LogP contribution in [0, 0.1) is 0 Å². The Morgan fingerprint density at radius 3 is 1.53 bits per heavy atom. The van der Waals surface area contributed by atoms with E-state index in [1.54, 1.807) is 0 Å². The number of ether oxygens (including phenoxy) is 2. The van der Waals surface area contributed by atoms with Crippen LogP contribution in [0.15, 0.2) is 91.0 Å². The maximum absolute atomic E-state index is 6.92. The van der Waals surface area contributed by atoms with Crippen molar-refractivity contribution >= 4 is 23.9 Å². The number of benzene rings is 3. The summed E-state index contributed by atoms with van der Waals surface area (Å²) >= 11 is 0. The zero-order valence-corrected chi connectivity index (χ0v) is 19.2. The summed E-state index contributed by atoms with van der Waals surface area (Å²) in [6, 6.07) is 32.0. The zero-order valence-electron chi connectivity index (χ0n) is 18.2. The lowest BCUT2D eigenvalue weighted by molar-refractivity contribution is -0.155. The summed E-state index contributed by atoms with van der Waals surface area (Å²) in [4.78, 5) is 0. The van der Waals surface area contributed by atoms with Crippen molar-refractivity contribution in [3.05, 3.63) is 91.0 Å². The standard InChI is InChI=1S/C26H32O3Si/c1-4-27-23(3)29-22(2)20-21-28-30(24-14-8-5-9-15-24,25-16-10-6-11-17-25)26-18-12-7-13-19-26/h5-19,22-23H,4,20-21H2,1-3H3/t22-,23?/m1/s1. The highest BCUT2D eigenvalue weighted by molar-refractivity contribution is 7.07. The molecule has 0 bridgehead atoms. The highest BCUT2D eigenvalue weighted by Crippen LogP contribution is 2.12. The van der Waals surface area contributed by atoms with Gasteiger partial charge in [0, 0.05) is 13.2 Å². The molecule has 0 aliphatic heterocycles. The minimum Gasteiger partial charge on any atom is -0.404 e. The summed E-state index contributed by atoms with van der Waals surface area (Å²) in [5.41, 5.74) is 0. The van der Waals surface area contributed by atoms with Crippen molar-refractivity contribution in [3.8, 4) is 0 Å². The second-order valence-electron chi connectivity index (χ2n) is 7.39. The van der Waals surface area contributed by atoms with E-state index in [9.17, 15) is 0 Å². The van der Waals surface area contributed by atoms with Crippen LogP contribution in [0.3, 0.4) is 0 Å². The largest absolute Gasteiger partial charge is 0.404 e. The molecule has 158 valence electrons. The van der Waals surface area contributed by atoms with E-state index >= 15 is 0 Å². The molecule has 0 N–H and O–H groups in total. The first-order chi connectivity index (χ1) is 14.7. The first-order valence-electron chi connectivity index (χ1n) is 10.7. The van der Waals surface area contributed by atoms with Gasteiger partial charge in [-0.05, 0) is 42.8 Å². The first kappa shape index (κ1) is 22.4. The minimum atomic E-state index is -2.63. The summed E-state index contributed by atoms with van der Waals surface area (Å²) in [5, 5.41) is 3.75. The van der Waals surface area contributed by atoms with Gasteiger partial charge in [-0.25, -0.2) is 0 Å². The topological polar surface area (TPSA) is 27.7 Å². The van der Waals surface area contributed by atoms with E-state index < -0.39 is 8.32 Å². The van der Waals surface area contributed by atoms with Gasteiger partial charge in [-0.3, -0.25) is 0 Å². The fourth-order valence-corrected chi connectivity index (χ4v) is 7.73. The molecule has 0 aliphatic carbocycles. The Kier molecular flexibility index (Phi) is 8.40. The highest BCUT2D eigenvalue weighted by atomic mass is 28.4. The van der Waals surface area contributed by atoms with E-state index in [1.165, 1.54) is 15.6 Å². The number of hydrogen-bond donors (Lipinski definition) is 0. The quantitative estimate of drug-likeness (QED) is 0.268. The molecular weight excluding hydrogens is 388 g/mol. The van der Waals surface area contributed by atoms with Crippen molar-refractivity contribution in [2.75, 3.05) is 13.2 Å². The van der Waals surface area contributed by atoms with E-state index in [2.05, 4.69) is 97.9 Å². The zero-order chi connectivity index (χ0) is 21.2. The Bertz CT molecular complexity index is 759. The van der Waals surface area contributed by atoms with Crippen LogP contribution in [-0.4, -0.2) is 33.9 Å². The third-order valence-electron chi connectivity index (χ3n) is 5.21. The third-order valence-corrected chi connectivity index (χ3v) is 9.29. The van der Waals surface area contributed by atoms with E-state index in [4.69, 9.17) is 13.9 Å². The van der Waals surface area contributed by atoms with Gasteiger partial charge >= 0.3 is 0 Å². The summed E-state index contributed by atoms with van der Waals surface area (Å²) in [6.45, 7) is 7.27. The Balaban J connectivity index is 1.92. The first-order valence-corrected chi connectivity index (χ1v) is 12.6. The molecule has 2 atom stereocenters. The molecule has 0 saturated heterocycles. The Morgan fingerprint density at radius 1 is 0.700 bits per heavy atom. The summed E-state index contributed by atoms with van der Waals surface area (Å²) in [5.74, 6) is 0. The maximum Gasteiger partial charge on any atom is 0.288 e. The van der Waals surface area contributed by atoms with E-state index in [1.807, 2.05) is 13.8 Å². The molecule has 3 aromatic carbocycles. The fourth-order valence-electron chi connectivity index (χ4n) is 3.82. The molecule has 0 radical (unpaired) electrons. The summed E-state index contributed by atoms with van der Waals surface area (Å²) in [6.07, 6.45) is 0.656. The SMILES string of the molecule is CCOC(C)O[C@H](C)CCO[Si](c1ccccc1)(c1ccccc1)c1ccccc1. The molecule has 1 unspecified atom stereocenters. The average Bonchev–Trinajstić information content (AvgIpc) is 2.79. The van der Waals surface area contributed by atoms with Gasteiger partial charge in [0.2, 0.25) is 0 Å². The molecule has 0 aromatic heterocycles. The Hall–Kier alpha value is -2.24. The van der Waals surface area contributed by atoms with Gasteiger partial charge in [0.15, 0.2) is 6.29 Å². The number of hydrogen-bond acceptors (Lipinski definition) is 3. The van der Waals surface area contributed by atoms with Crippen LogP contribution in [0.2, 0.25) is 0 Å². The molecule has 30 heavy (non-hydrogen) atoms. The van der Waals surface area contributed by atoms with Gasteiger partial charge in [-0.15, -0.1) is 0 Å². The second kappa shape index (κ2) is 11.2. The minimum absolute atomic E-state index is 0.0561. The van der Waals surface area contributed by atoms with Crippen molar-refractivity contribution < 1.29 is 13.9 Å². The van der Waals surface area contributed by atoms with Crippen molar-refractivity contribution in [2.45, 2.75) is 39.6 Å². The molecule has 0 spiro atoms. The van der Waals surface area contributed by atoms with Gasteiger partial charge < -0.3 is 13.9 Å². The molecule has 0 saturated carbocycles. The van der Waals surface area contributed by atoms with Crippen LogP contribution in [-0.2, 0) is 13.9 Å². The molecular formula is C26H32O3Si. The lowest BCUT2D eigenvalue weighted by atomic mass is 10.3. The van der Waals surface area contributed by atoms with Crippen LogP contribution in [0.25, 0.3) is 0 Å². The molecule has 4 heteroatoms. The fraction of sp³-hybridized carbons (Fsp3) is 0.308. The molecule has 0 amide bonds. The van der Waals surface area contributed by atoms with Crippen LogP contribution >= 0.6 is 0 Å². The van der Waals surface area contributed by atoms with Gasteiger partial charge in [0.25, 0.3) is 8.32 Å². The summed E-state index contributed by atoms with van der Waals surface area (Å²) in [7, 11) is -2.63. The predicted molar refractivity (Wildman–Crippen MR) is 126 cm³/mol. The Labute approximate surface area is 181 Å². The molecule has 0 fully saturated rings. The molecule has 0 aliphatic rings. The van der Waals surface area contributed by atoms with Crippen LogP contribution in [0.1, 0.15) is 27.2 Å². The van der Waals surface area contributed by atoms with Crippen molar-refractivity contribution in [3.63, 3.8) is 0 Å². The van der Waals surface area contributed by atoms with Crippen molar-refractivity contribution in [1.82, 2.24) is 0 Å². The molecule has 3 rings (SSSR count). The van der Waals surface area contributed by atoms with Crippen molar-refractivity contribution in [2.24, 2.45) is 0 Å². The Morgan fingerprint density at radius 2 is 1.13 bits per heavy atom. The second-order valence-corrected chi connectivity index (χ2v) is 10.8. The van der Waals surface area contributed by atoms with Crippen LogP contribution < -0.4 is 15.6 Å². The smallest absolute Gasteiger partial charge is 0.288 e. The van der Waals surface area contributed by atoms with E-state index in [0.717, 1.165) is 6.42 Å². The summed E-state index contributed by atoms with van der Waals surface area (Å²) < 4.78 is 18.4.